The summed E-state index contributed by atoms with van der Waals surface area (Å²) in [5.41, 5.74) is 4.69. The molecule has 42 heavy (non-hydrogen) atoms. The Kier molecular flexibility index (Phi) is 8.79. The fourth-order valence-electron chi connectivity index (χ4n) is 5.29. The Labute approximate surface area is 249 Å². The first kappa shape index (κ1) is 29.5. The lowest BCUT2D eigenvalue weighted by Crippen LogP contribution is -2.34. The second kappa shape index (κ2) is 12.5. The molecule has 5 rings (SSSR count). The minimum atomic E-state index is -3.58. The van der Waals surface area contributed by atoms with Crippen molar-refractivity contribution in [3.63, 3.8) is 0 Å². The summed E-state index contributed by atoms with van der Waals surface area (Å²) in [6, 6.07) is 18.4. The van der Waals surface area contributed by atoms with Gasteiger partial charge in [0.15, 0.2) is 0 Å². The Morgan fingerprint density at radius 2 is 1.76 bits per heavy atom. The summed E-state index contributed by atoms with van der Waals surface area (Å²) in [4.78, 5) is 13.0. The highest BCUT2D eigenvalue weighted by Crippen LogP contribution is 2.39. The molecule has 2 aromatic heterocycles. The molecule has 0 amide bonds. The molecule has 0 spiro atoms. The molecule has 0 unspecified atom stereocenters. The molecule has 0 aliphatic heterocycles. The number of aromatic carboxylic acids is 1. The molecular weight excluding hydrogens is 572 g/mol. The zero-order valence-electron chi connectivity index (χ0n) is 23.9. The molecular formula is C31H34N4O5S2. The van der Waals surface area contributed by atoms with E-state index in [-0.39, 0.29) is 18.0 Å². The molecule has 3 aromatic carbocycles. The number of aromatic nitrogens is 3. The number of hydrogen-bond acceptors (Lipinski definition) is 7. The highest BCUT2D eigenvalue weighted by molar-refractivity contribution is 7.92. The van der Waals surface area contributed by atoms with Crippen LogP contribution >= 0.6 is 11.7 Å². The fourth-order valence-corrected chi connectivity index (χ4v) is 7.52. The predicted octanol–water partition coefficient (Wildman–Crippen LogP) is 6.80. The molecule has 0 fully saturated rings. The van der Waals surface area contributed by atoms with Crippen LogP contribution in [0, 0.1) is 0 Å². The van der Waals surface area contributed by atoms with Crippen molar-refractivity contribution in [2.24, 2.45) is 0 Å². The Hall–Kier alpha value is -3.96. The molecule has 0 aliphatic carbocycles. The van der Waals surface area contributed by atoms with Gasteiger partial charge in [-0.2, -0.15) is 8.75 Å². The summed E-state index contributed by atoms with van der Waals surface area (Å²) in [5.74, 6) is -0.384. The number of carboxylic acid groups (broad SMARTS) is 1. The third-order valence-corrected chi connectivity index (χ3v) is 9.83. The Morgan fingerprint density at radius 3 is 2.50 bits per heavy atom. The van der Waals surface area contributed by atoms with Crippen molar-refractivity contribution in [1.82, 2.24) is 13.3 Å². The molecule has 5 aromatic rings. The van der Waals surface area contributed by atoms with Gasteiger partial charge in [0, 0.05) is 28.6 Å². The van der Waals surface area contributed by atoms with Gasteiger partial charge in [-0.05, 0) is 54.8 Å². The highest BCUT2D eigenvalue weighted by Gasteiger charge is 2.27. The lowest BCUT2D eigenvalue weighted by molar-refractivity contribution is 0.0687. The van der Waals surface area contributed by atoms with E-state index in [1.54, 1.807) is 17.7 Å². The lowest BCUT2D eigenvalue weighted by atomic mass is 10.0. The van der Waals surface area contributed by atoms with E-state index in [0.717, 1.165) is 35.6 Å². The molecule has 220 valence electrons. The summed E-state index contributed by atoms with van der Waals surface area (Å²) >= 11 is 1.10. The summed E-state index contributed by atoms with van der Waals surface area (Å²) in [6.45, 7) is 4.60. The number of fused-ring (bicyclic) bond motifs is 2. The maximum atomic E-state index is 13.5. The summed E-state index contributed by atoms with van der Waals surface area (Å²) < 4.78 is 44.5. The van der Waals surface area contributed by atoms with Crippen molar-refractivity contribution in [2.45, 2.75) is 46.1 Å². The number of methoxy groups -OCH3 is 1. The summed E-state index contributed by atoms with van der Waals surface area (Å²) in [6.07, 6.45) is 2.89. The van der Waals surface area contributed by atoms with Crippen LogP contribution < -0.4 is 9.04 Å². The number of anilines is 1. The van der Waals surface area contributed by atoms with Gasteiger partial charge in [0.1, 0.15) is 22.5 Å². The number of ether oxygens (including phenoxy) is 1. The van der Waals surface area contributed by atoms with E-state index in [9.17, 15) is 18.3 Å². The average molecular weight is 607 g/mol. The van der Waals surface area contributed by atoms with Gasteiger partial charge in [0.25, 0.3) is 0 Å². The molecule has 0 saturated heterocycles. The minimum absolute atomic E-state index is 0.0563. The van der Waals surface area contributed by atoms with E-state index in [0.29, 0.717) is 58.4 Å². The van der Waals surface area contributed by atoms with Gasteiger partial charge in [-0.15, -0.1) is 0 Å². The van der Waals surface area contributed by atoms with Crippen LogP contribution in [0.3, 0.4) is 0 Å². The van der Waals surface area contributed by atoms with Crippen molar-refractivity contribution in [1.29, 1.82) is 0 Å². The van der Waals surface area contributed by atoms with Crippen molar-refractivity contribution in [3.8, 4) is 16.9 Å². The Balaban J connectivity index is 1.78. The normalized spacial score (nSPS) is 11.8. The van der Waals surface area contributed by atoms with Gasteiger partial charge in [-0.1, -0.05) is 51.0 Å². The number of nitrogens with zero attached hydrogens (tertiary/aromatic N) is 4. The average Bonchev–Trinajstić information content (AvgIpc) is 3.58. The number of unbranched alkanes of at least 4 members (excludes halogenated alkanes) is 2. The van der Waals surface area contributed by atoms with Crippen LogP contribution in [0.1, 0.15) is 55.6 Å². The number of rotatable bonds is 13. The van der Waals surface area contributed by atoms with Crippen LogP contribution in [0.5, 0.6) is 5.75 Å². The minimum Gasteiger partial charge on any atom is -0.496 e. The van der Waals surface area contributed by atoms with Crippen LogP contribution in [0.15, 0.2) is 60.7 Å². The number of sulfonamides is 1. The molecule has 1 N–H and O–H groups in total. The van der Waals surface area contributed by atoms with Crippen LogP contribution in [0.4, 0.5) is 5.69 Å². The quantitative estimate of drug-likeness (QED) is 0.157. The largest absolute Gasteiger partial charge is 0.496 e. The summed E-state index contributed by atoms with van der Waals surface area (Å²) in [7, 11) is -1.99. The zero-order chi connectivity index (χ0) is 29.9. The van der Waals surface area contributed by atoms with Crippen molar-refractivity contribution < 1.29 is 23.1 Å². The zero-order valence-corrected chi connectivity index (χ0v) is 25.5. The van der Waals surface area contributed by atoms with E-state index >= 15 is 0 Å². The number of carbonyl (C=O) groups is 1. The second-order valence-electron chi connectivity index (χ2n) is 10.2. The molecule has 0 bridgehead atoms. The first-order valence-corrected chi connectivity index (χ1v) is 16.4. The topological polar surface area (TPSA) is 115 Å². The summed E-state index contributed by atoms with van der Waals surface area (Å²) in [5, 5.41) is 11.3. The van der Waals surface area contributed by atoms with Gasteiger partial charge in [-0.25, -0.2) is 13.2 Å². The molecule has 0 aliphatic rings. The van der Waals surface area contributed by atoms with Crippen LogP contribution in [-0.4, -0.2) is 52.2 Å². The predicted molar refractivity (Wildman–Crippen MR) is 168 cm³/mol. The van der Waals surface area contributed by atoms with Crippen molar-refractivity contribution in [3.05, 3.63) is 71.9 Å². The molecule has 11 heteroatoms. The SMILES string of the molecule is CCCCN(c1ccc2c(c1)c(-c1ccc3nsnc3c1)c(C(=O)O)n2Cc1ccccc1OC)S(=O)(=O)CCCC. The molecule has 0 saturated carbocycles. The number of hydrogen-bond donors (Lipinski definition) is 1. The Morgan fingerprint density at radius 1 is 1.00 bits per heavy atom. The third kappa shape index (κ3) is 5.71. The van der Waals surface area contributed by atoms with E-state index in [4.69, 9.17) is 4.74 Å². The molecule has 0 atom stereocenters. The highest BCUT2D eigenvalue weighted by atomic mass is 32.2. The van der Waals surface area contributed by atoms with Crippen molar-refractivity contribution >= 4 is 55.3 Å². The Bertz CT molecular complexity index is 1850. The smallest absolute Gasteiger partial charge is 0.353 e. The second-order valence-corrected chi connectivity index (χ2v) is 12.7. The molecule has 2 heterocycles. The first-order chi connectivity index (χ1) is 20.3. The first-order valence-electron chi connectivity index (χ1n) is 14.0. The van der Waals surface area contributed by atoms with E-state index in [1.807, 2.05) is 68.4 Å². The van der Waals surface area contributed by atoms with Gasteiger partial charge < -0.3 is 14.4 Å². The monoisotopic (exact) mass is 606 g/mol. The van der Waals surface area contributed by atoms with Crippen molar-refractivity contribution in [2.75, 3.05) is 23.7 Å². The van der Waals surface area contributed by atoms with Gasteiger partial charge >= 0.3 is 5.97 Å². The van der Waals surface area contributed by atoms with E-state index in [1.165, 1.54) is 4.31 Å². The van der Waals surface area contributed by atoms with Crippen LogP contribution in [-0.2, 0) is 16.6 Å². The third-order valence-electron chi connectivity index (χ3n) is 7.41. The maximum Gasteiger partial charge on any atom is 0.353 e. The number of benzene rings is 3. The fraction of sp³-hybridized carbons (Fsp3) is 0.323. The van der Waals surface area contributed by atoms with E-state index in [2.05, 4.69) is 8.75 Å². The number of carboxylic acids is 1. The van der Waals surface area contributed by atoms with Gasteiger partial charge in [0.05, 0.1) is 36.8 Å². The lowest BCUT2D eigenvalue weighted by Gasteiger charge is -2.24. The maximum absolute atomic E-state index is 13.5. The van der Waals surface area contributed by atoms with Gasteiger partial charge in [0.2, 0.25) is 10.0 Å². The standard InChI is InChI=1S/C31H34N4O5S2/c1-4-6-16-35(42(38,39)17-7-5-2)23-13-15-27-24(19-23)29(21-12-14-25-26(18-21)33-41-32-25)30(31(36)37)34(27)20-22-10-8-9-11-28(22)40-3/h8-15,18-19H,4-7,16-17,20H2,1-3H3,(H,36,37). The van der Waals surface area contributed by atoms with Crippen LogP contribution in [0.25, 0.3) is 33.1 Å². The van der Waals surface area contributed by atoms with Gasteiger partial charge in [-0.3, -0.25) is 4.31 Å². The molecule has 9 nitrogen and oxygen atoms in total. The van der Waals surface area contributed by atoms with Crippen LogP contribution in [0.2, 0.25) is 0 Å². The molecule has 0 radical (unpaired) electrons. The number of para-hydroxylation sites is 1. The van der Waals surface area contributed by atoms with E-state index < -0.39 is 16.0 Å².